The number of primary amides is 1. The lowest BCUT2D eigenvalue weighted by Gasteiger charge is -2.20. The predicted molar refractivity (Wildman–Crippen MR) is 294 cm³/mol. The first kappa shape index (κ1) is 70.8. The van der Waals surface area contributed by atoms with Crippen molar-refractivity contribution >= 4 is 52.8 Å². The van der Waals surface area contributed by atoms with Crippen molar-refractivity contribution in [2.24, 2.45) is 17.6 Å². The number of hydrogen-bond donors (Lipinski definition) is 8. The van der Waals surface area contributed by atoms with Crippen LogP contribution < -0.4 is 27.0 Å². The van der Waals surface area contributed by atoms with Crippen LogP contribution in [0.25, 0.3) is 0 Å². The number of hydrogen-bond acceptors (Lipinski definition) is 16. The summed E-state index contributed by atoms with van der Waals surface area (Å²) in [4.78, 5) is 109. The minimum absolute atomic E-state index is 0.0205. The molecule has 21 nitrogen and oxygen atoms in total. The van der Waals surface area contributed by atoms with Crippen molar-refractivity contribution in [1.29, 1.82) is 0 Å². The van der Waals surface area contributed by atoms with E-state index >= 15 is 0 Å². The summed E-state index contributed by atoms with van der Waals surface area (Å²) in [7, 11) is 0. The predicted octanol–water partition coefficient (Wildman–Crippen LogP) is 5.33. The quantitative estimate of drug-likeness (QED) is 0.0382. The van der Waals surface area contributed by atoms with Gasteiger partial charge >= 0.3 is 11.9 Å². The van der Waals surface area contributed by atoms with E-state index in [1.165, 1.54) is 57.1 Å². The Kier molecular flexibility index (Phi) is 42.4. The van der Waals surface area contributed by atoms with Crippen LogP contribution in [0.15, 0.2) is 24.3 Å². The lowest BCUT2D eigenvalue weighted by Crippen LogP contribution is -2.49. The molecule has 0 radical (unpaired) electrons. The van der Waals surface area contributed by atoms with E-state index in [4.69, 9.17) is 29.8 Å². The van der Waals surface area contributed by atoms with Gasteiger partial charge in [-0.05, 0) is 68.6 Å². The largest absolute Gasteiger partial charge is 0.508 e. The average Bonchev–Trinajstić information content (AvgIpc) is 3.39. The Morgan fingerprint density at radius 2 is 1.04 bits per heavy atom. The lowest BCUT2D eigenvalue weighted by molar-refractivity contribution is -0.144. The molecule has 0 aliphatic heterocycles. The Morgan fingerprint density at radius 3 is 1.59 bits per heavy atom. The molecule has 0 spiro atoms. The number of aliphatic carboxylic acids is 2. The molecule has 3 amide bonds. The van der Waals surface area contributed by atoms with Crippen LogP contribution in [0.1, 0.15) is 167 Å². The summed E-state index contributed by atoms with van der Waals surface area (Å²) >= 11 is 0. The number of carboxylic acids is 2. The Bertz CT molecular complexity index is 1870. The van der Waals surface area contributed by atoms with E-state index in [2.05, 4.69) is 21.3 Å². The zero-order valence-corrected chi connectivity index (χ0v) is 46.8. The fourth-order valence-corrected chi connectivity index (χ4v) is 8.36. The highest BCUT2D eigenvalue weighted by Crippen LogP contribution is 2.18. The van der Waals surface area contributed by atoms with Gasteiger partial charge in [0.15, 0.2) is 11.6 Å². The van der Waals surface area contributed by atoms with Crippen LogP contribution in [0.3, 0.4) is 0 Å². The number of ether oxygens (including phenoxy) is 4. The maximum atomic E-state index is 13.3. The van der Waals surface area contributed by atoms with Crippen molar-refractivity contribution in [3.8, 4) is 5.75 Å². The minimum atomic E-state index is -1.09. The second-order valence-electron chi connectivity index (χ2n) is 20.4. The van der Waals surface area contributed by atoms with Gasteiger partial charge in [-0.1, -0.05) is 103 Å². The number of amides is 3. The van der Waals surface area contributed by atoms with Gasteiger partial charge in [0, 0.05) is 45.2 Å². The van der Waals surface area contributed by atoms with Crippen molar-refractivity contribution in [3.63, 3.8) is 0 Å². The molecule has 9 N–H and O–H groups in total. The Balaban J connectivity index is 2.09. The molecule has 0 fully saturated rings. The summed E-state index contributed by atoms with van der Waals surface area (Å²) in [6.07, 6.45) is 17.7. The highest BCUT2D eigenvalue weighted by Gasteiger charge is 2.24. The molecule has 0 aromatic heterocycles. The van der Waals surface area contributed by atoms with Crippen molar-refractivity contribution in [2.45, 2.75) is 180 Å². The number of ketones is 4. The highest BCUT2D eigenvalue weighted by molar-refractivity contribution is 5.88. The molecule has 0 bridgehead atoms. The number of nitrogens with one attached hydrogen (secondary N) is 4. The monoisotopic (exact) mass is 1110 g/mol. The fourth-order valence-electron chi connectivity index (χ4n) is 8.36. The molecule has 444 valence electrons. The van der Waals surface area contributed by atoms with Crippen LogP contribution in [-0.4, -0.2) is 159 Å². The van der Waals surface area contributed by atoms with Crippen molar-refractivity contribution in [2.75, 3.05) is 79.0 Å². The topological polar surface area (TPSA) is 325 Å². The number of carbonyl (C=O) groups excluding carboxylic acids is 7. The molecular formula is C57H95N5O16. The summed E-state index contributed by atoms with van der Waals surface area (Å²) in [5.74, 6) is -4.46. The Morgan fingerprint density at radius 1 is 0.513 bits per heavy atom. The SMILES string of the molecule is CC(C)CC(=O)CN[C@@H](CCCCNC(=O)COCCOCC(=O)COCCOCCNC(=O)CC[C@H](CC(=O)CCCCCCCCCCCCCCCCC(=O)O)C(=O)O)C(=O)CN[C@@H](Cc1ccc(O)cc1)C(N)=O. The lowest BCUT2D eigenvalue weighted by atomic mass is 9.94. The van der Waals surface area contributed by atoms with E-state index in [-0.39, 0.29) is 151 Å². The van der Waals surface area contributed by atoms with Gasteiger partial charge in [0.2, 0.25) is 17.7 Å². The third kappa shape index (κ3) is 41.8. The molecule has 3 atom stereocenters. The normalized spacial score (nSPS) is 12.4. The van der Waals surface area contributed by atoms with Gasteiger partial charge in [0.05, 0.1) is 64.1 Å². The number of phenols is 1. The highest BCUT2D eigenvalue weighted by atomic mass is 16.5. The molecular weight excluding hydrogens is 1010 g/mol. The first-order chi connectivity index (χ1) is 37.5. The van der Waals surface area contributed by atoms with Gasteiger partial charge in [0.25, 0.3) is 0 Å². The Hall–Kier alpha value is -5.19. The number of benzene rings is 1. The number of nitrogens with two attached hydrogens (primary N) is 1. The van der Waals surface area contributed by atoms with E-state index in [9.17, 15) is 53.4 Å². The van der Waals surface area contributed by atoms with Gasteiger partial charge in [-0.15, -0.1) is 0 Å². The summed E-state index contributed by atoms with van der Waals surface area (Å²) in [6, 6.07) is 4.82. The van der Waals surface area contributed by atoms with Gasteiger partial charge < -0.3 is 56.0 Å². The van der Waals surface area contributed by atoms with Crippen molar-refractivity contribution in [1.82, 2.24) is 21.3 Å². The maximum Gasteiger partial charge on any atom is 0.306 e. The van der Waals surface area contributed by atoms with E-state index in [1.54, 1.807) is 12.1 Å². The summed E-state index contributed by atoms with van der Waals surface area (Å²) in [5, 5.41) is 39.3. The van der Waals surface area contributed by atoms with E-state index in [0.717, 1.165) is 50.5 Å². The van der Waals surface area contributed by atoms with Crippen LogP contribution in [0.5, 0.6) is 5.75 Å². The van der Waals surface area contributed by atoms with Crippen LogP contribution in [0.2, 0.25) is 0 Å². The summed E-state index contributed by atoms with van der Waals surface area (Å²) < 4.78 is 21.4. The molecule has 0 aliphatic rings. The molecule has 21 heteroatoms. The first-order valence-corrected chi connectivity index (χ1v) is 28.4. The number of aromatic hydroxyl groups is 1. The number of unbranched alkanes of at least 4 members (excludes halogenated alkanes) is 14. The third-order valence-electron chi connectivity index (χ3n) is 12.8. The van der Waals surface area contributed by atoms with Crippen molar-refractivity contribution in [3.05, 3.63) is 29.8 Å². The first-order valence-electron chi connectivity index (χ1n) is 28.4. The van der Waals surface area contributed by atoms with E-state index in [0.29, 0.717) is 38.6 Å². The zero-order chi connectivity index (χ0) is 57.6. The van der Waals surface area contributed by atoms with E-state index in [1.807, 2.05) is 13.8 Å². The zero-order valence-electron chi connectivity index (χ0n) is 46.8. The smallest absolute Gasteiger partial charge is 0.306 e. The number of carboxylic acid groups (broad SMARTS) is 2. The summed E-state index contributed by atoms with van der Waals surface area (Å²) in [5.41, 5.74) is 6.34. The molecule has 1 aromatic rings. The minimum Gasteiger partial charge on any atom is -0.508 e. The van der Waals surface area contributed by atoms with Crippen molar-refractivity contribution < 1.29 is 77.4 Å². The molecule has 0 heterocycles. The second-order valence-corrected chi connectivity index (χ2v) is 20.4. The molecule has 1 aromatic carbocycles. The van der Waals surface area contributed by atoms with Gasteiger partial charge in [-0.2, -0.15) is 0 Å². The number of carbonyl (C=O) groups is 9. The van der Waals surface area contributed by atoms with Gasteiger partial charge in [0.1, 0.15) is 37.1 Å². The van der Waals surface area contributed by atoms with Crippen LogP contribution in [0, 0.1) is 11.8 Å². The molecule has 0 unspecified atom stereocenters. The van der Waals surface area contributed by atoms with Crippen LogP contribution in [-0.2, 0) is 68.5 Å². The second kappa shape index (κ2) is 46.7. The summed E-state index contributed by atoms with van der Waals surface area (Å²) in [6.45, 7) is 4.25. The molecule has 0 aliphatic carbocycles. The number of Topliss-reactive ketones (excluding diaryl/α,β-unsaturated/α-hetero) is 4. The molecule has 0 saturated carbocycles. The molecule has 78 heavy (non-hydrogen) atoms. The van der Waals surface area contributed by atoms with Gasteiger partial charge in [-0.25, -0.2) is 0 Å². The number of rotatable bonds is 55. The Labute approximate surface area is 462 Å². The van der Waals surface area contributed by atoms with Crippen LogP contribution in [0.4, 0.5) is 0 Å². The molecule has 1 rings (SSSR count). The van der Waals surface area contributed by atoms with Crippen LogP contribution >= 0.6 is 0 Å². The third-order valence-corrected chi connectivity index (χ3v) is 12.8. The van der Waals surface area contributed by atoms with E-state index < -0.39 is 35.8 Å². The molecule has 0 saturated heterocycles. The average molecular weight is 1110 g/mol. The maximum absolute atomic E-state index is 13.3. The number of phenolic OH excluding ortho intramolecular Hbond substituents is 1. The standard InChI is InChI=1S/C57H95N5O16/c1-43(2)35-48(65)38-61-50(52(67)39-62-51(56(58)72)36-44-22-25-46(63)26-23-44)20-17-18-28-59-54(69)42-78-34-33-77-41-49(66)40-76-32-31-75-30-29-60-53(68)27-24-45(57(73)74)37-47(64)19-15-13-11-9-7-5-3-4-6-8-10-12-14-16-21-55(70)71/h22-23,25-26,43,45,50-51,61-63H,3-21,24,27-42H2,1-2H3,(H2,58,72)(H,59,69)(H,60,68)(H,70,71)(H,73,74)/t45-,50+,51+/m1/s1. The van der Waals surface area contributed by atoms with Gasteiger partial charge in [-0.3, -0.25) is 48.5 Å². The fraction of sp³-hybridized carbons (Fsp3) is 0.737.